The molecule has 0 spiro atoms. The third-order valence-corrected chi connectivity index (χ3v) is 6.13. The summed E-state index contributed by atoms with van der Waals surface area (Å²) >= 11 is 0. The molecule has 1 unspecified atom stereocenters. The quantitative estimate of drug-likeness (QED) is 0.854. The number of carbonyl (C=O) groups is 2. The number of hydrogen-bond acceptors (Lipinski definition) is 4. The van der Waals surface area contributed by atoms with Gasteiger partial charge in [0.2, 0.25) is 11.8 Å². The molecule has 3 heterocycles. The Morgan fingerprint density at radius 3 is 2.41 bits per heavy atom. The smallest absolute Gasteiger partial charge is 0.240 e. The van der Waals surface area contributed by atoms with E-state index in [1.165, 1.54) is 11.1 Å². The van der Waals surface area contributed by atoms with E-state index < -0.39 is 0 Å². The van der Waals surface area contributed by atoms with Gasteiger partial charge in [0.1, 0.15) is 0 Å². The maximum atomic E-state index is 13.1. The molecule has 1 aromatic carbocycles. The highest BCUT2D eigenvalue weighted by atomic mass is 16.2. The Morgan fingerprint density at radius 2 is 1.67 bits per heavy atom. The van der Waals surface area contributed by atoms with E-state index in [0.29, 0.717) is 13.0 Å². The van der Waals surface area contributed by atoms with Crippen LogP contribution < -0.4 is 5.32 Å². The molecule has 4 rings (SSSR count). The first-order valence-corrected chi connectivity index (χ1v) is 10.3. The van der Waals surface area contributed by atoms with Crippen molar-refractivity contribution in [1.82, 2.24) is 20.0 Å². The van der Waals surface area contributed by atoms with Gasteiger partial charge >= 0.3 is 0 Å². The highest BCUT2D eigenvalue weighted by Gasteiger charge is 2.35. The van der Waals surface area contributed by atoms with Crippen LogP contribution in [0.2, 0.25) is 0 Å². The minimum Gasteiger partial charge on any atom is -0.341 e. The molecule has 0 aliphatic carbocycles. The number of carbonyl (C=O) groups excluding carboxylic acids is 2. The van der Waals surface area contributed by atoms with Crippen LogP contribution in [0.15, 0.2) is 24.3 Å². The fraction of sp³-hybridized carbons (Fsp3) is 0.619. The van der Waals surface area contributed by atoms with Crippen molar-refractivity contribution in [2.75, 3.05) is 45.8 Å². The van der Waals surface area contributed by atoms with Gasteiger partial charge in [-0.25, -0.2) is 0 Å². The normalized spacial score (nSPS) is 23.3. The molecule has 1 N–H and O–H groups in total. The summed E-state index contributed by atoms with van der Waals surface area (Å²) in [7, 11) is 0. The molecule has 3 aliphatic heterocycles. The van der Waals surface area contributed by atoms with Crippen molar-refractivity contribution in [1.29, 1.82) is 0 Å². The Balaban J connectivity index is 1.45. The Morgan fingerprint density at radius 1 is 0.963 bits per heavy atom. The first-order valence-electron chi connectivity index (χ1n) is 10.3. The molecule has 2 amide bonds. The first kappa shape index (κ1) is 18.4. The van der Waals surface area contributed by atoms with Gasteiger partial charge in [-0.2, -0.15) is 0 Å². The van der Waals surface area contributed by atoms with E-state index in [9.17, 15) is 9.59 Å². The second-order valence-corrected chi connectivity index (χ2v) is 7.87. The second-order valence-electron chi connectivity index (χ2n) is 7.87. The lowest BCUT2D eigenvalue weighted by Gasteiger charge is -2.38. The van der Waals surface area contributed by atoms with E-state index in [2.05, 4.69) is 34.5 Å². The second kappa shape index (κ2) is 8.40. The predicted molar refractivity (Wildman–Crippen MR) is 104 cm³/mol. The standard InChI is InChI=1S/C21H30N4O2/c26-20(23-13-8-22-9-14-23)7-12-25-16-18-6-2-1-5-17(18)15-19(25)21(27)24-10-3-4-11-24/h1-2,5-6,19,22H,3-4,7-16H2. The average Bonchev–Trinajstić information content (AvgIpc) is 3.26. The molecule has 0 radical (unpaired) electrons. The van der Waals surface area contributed by atoms with Crippen LogP contribution in [0, 0.1) is 0 Å². The number of nitrogens with zero attached hydrogens (tertiary/aromatic N) is 3. The minimum absolute atomic E-state index is 0.131. The summed E-state index contributed by atoms with van der Waals surface area (Å²) in [6.45, 7) is 6.50. The maximum absolute atomic E-state index is 13.1. The molecular weight excluding hydrogens is 340 g/mol. The number of likely N-dealkylation sites (tertiary alicyclic amines) is 1. The van der Waals surface area contributed by atoms with Crippen LogP contribution in [-0.4, -0.2) is 78.4 Å². The van der Waals surface area contributed by atoms with Gasteiger partial charge in [-0.15, -0.1) is 0 Å². The van der Waals surface area contributed by atoms with E-state index in [1.54, 1.807) is 0 Å². The third kappa shape index (κ3) is 4.17. The molecule has 6 heteroatoms. The largest absolute Gasteiger partial charge is 0.341 e. The van der Waals surface area contributed by atoms with Crippen LogP contribution in [0.5, 0.6) is 0 Å². The topological polar surface area (TPSA) is 55.9 Å². The predicted octanol–water partition coefficient (Wildman–Crippen LogP) is 0.858. The van der Waals surface area contributed by atoms with Crippen LogP contribution in [0.3, 0.4) is 0 Å². The molecule has 0 saturated carbocycles. The van der Waals surface area contributed by atoms with Crippen molar-refractivity contribution >= 4 is 11.8 Å². The van der Waals surface area contributed by atoms with Gasteiger partial charge in [-0.1, -0.05) is 24.3 Å². The molecule has 2 fully saturated rings. The lowest BCUT2D eigenvalue weighted by molar-refractivity contribution is -0.138. The molecule has 0 aromatic heterocycles. The van der Waals surface area contributed by atoms with Gasteiger partial charge in [-0.05, 0) is 30.4 Å². The summed E-state index contributed by atoms with van der Waals surface area (Å²) in [6, 6.07) is 8.28. The fourth-order valence-electron chi connectivity index (χ4n) is 4.52. The monoisotopic (exact) mass is 370 g/mol. The number of benzene rings is 1. The Labute approximate surface area is 161 Å². The van der Waals surface area contributed by atoms with E-state index >= 15 is 0 Å². The molecular formula is C21H30N4O2. The molecule has 146 valence electrons. The molecule has 27 heavy (non-hydrogen) atoms. The van der Waals surface area contributed by atoms with Crippen molar-refractivity contribution in [2.45, 2.75) is 38.3 Å². The average molecular weight is 370 g/mol. The van der Waals surface area contributed by atoms with Gasteiger partial charge in [0, 0.05) is 58.8 Å². The molecule has 1 atom stereocenters. The van der Waals surface area contributed by atoms with Gasteiger partial charge in [0.15, 0.2) is 0 Å². The fourth-order valence-corrected chi connectivity index (χ4v) is 4.52. The molecule has 2 saturated heterocycles. The van der Waals surface area contributed by atoms with Gasteiger partial charge in [-0.3, -0.25) is 14.5 Å². The van der Waals surface area contributed by atoms with Crippen molar-refractivity contribution in [3.8, 4) is 0 Å². The zero-order chi connectivity index (χ0) is 18.6. The lowest BCUT2D eigenvalue weighted by Crippen LogP contribution is -2.52. The summed E-state index contributed by atoms with van der Waals surface area (Å²) in [5.41, 5.74) is 2.57. The van der Waals surface area contributed by atoms with Gasteiger partial charge < -0.3 is 15.1 Å². The van der Waals surface area contributed by atoms with Gasteiger partial charge in [0.05, 0.1) is 6.04 Å². The molecule has 6 nitrogen and oxygen atoms in total. The molecule has 1 aromatic rings. The number of fused-ring (bicyclic) bond motifs is 1. The maximum Gasteiger partial charge on any atom is 0.240 e. The Kier molecular flexibility index (Phi) is 5.74. The van der Waals surface area contributed by atoms with E-state index in [1.807, 2.05) is 9.80 Å². The summed E-state index contributed by atoms with van der Waals surface area (Å²) in [5, 5.41) is 3.28. The Bertz CT molecular complexity index is 681. The van der Waals surface area contributed by atoms with Crippen LogP contribution in [-0.2, 0) is 22.6 Å². The van der Waals surface area contributed by atoms with Crippen molar-refractivity contribution in [3.05, 3.63) is 35.4 Å². The Hall–Kier alpha value is -1.92. The highest BCUT2D eigenvalue weighted by molar-refractivity contribution is 5.83. The van der Waals surface area contributed by atoms with Crippen LogP contribution in [0.1, 0.15) is 30.4 Å². The van der Waals surface area contributed by atoms with E-state index in [4.69, 9.17) is 0 Å². The van der Waals surface area contributed by atoms with E-state index in [-0.39, 0.29) is 17.9 Å². The zero-order valence-corrected chi connectivity index (χ0v) is 16.0. The first-order chi connectivity index (χ1) is 13.2. The van der Waals surface area contributed by atoms with E-state index in [0.717, 1.165) is 65.1 Å². The molecule has 3 aliphatic rings. The number of amides is 2. The number of rotatable bonds is 4. The van der Waals surface area contributed by atoms with Crippen molar-refractivity contribution < 1.29 is 9.59 Å². The number of piperazine rings is 1. The van der Waals surface area contributed by atoms with Crippen LogP contribution in [0.25, 0.3) is 0 Å². The summed E-state index contributed by atoms with van der Waals surface area (Å²) in [6.07, 6.45) is 3.46. The summed E-state index contributed by atoms with van der Waals surface area (Å²) < 4.78 is 0. The number of hydrogen-bond donors (Lipinski definition) is 1. The summed E-state index contributed by atoms with van der Waals surface area (Å²) in [5.74, 6) is 0.458. The SMILES string of the molecule is O=C(CCN1Cc2ccccc2CC1C(=O)N1CCCC1)N1CCNCC1. The third-order valence-electron chi connectivity index (χ3n) is 6.13. The van der Waals surface area contributed by atoms with Crippen LogP contribution >= 0.6 is 0 Å². The summed E-state index contributed by atoms with van der Waals surface area (Å²) in [4.78, 5) is 31.9. The van der Waals surface area contributed by atoms with Crippen LogP contribution in [0.4, 0.5) is 0 Å². The van der Waals surface area contributed by atoms with Crippen molar-refractivity contribution in [2.24, 2.45) is 0 Å². The lowest BCUT2D eigenvalue weighted by atomic mass is 9.93. The van der Waals surface area contributed by atoms with Crippen molar-refractivity contribution in [3.63, 3.8) is 0 Å². The number of nitrogens with one attached hydrogen (secondary N) is 1. The van der Waals surface area contributed by atoms with Gasteiger partial charge in [0.25, 0.3) is 0 Å². The highest BCUT2D eigenvalue weighted by Crippen LogP contribution is 2.26. The minimum atomic E-state index is -0.131. The molecule has 0 bridgehead atoms. The zero-order valence-electron chi connectivity index (χ0n) is 16.0.